The van der Waals surface area contributed by atoms with E-state index in [0.717, 1.165) is 0 Å². The van der Waals surface area contributed by atoms with E-state index in [1.165, 1.54) is 0 Å². The van der Waals surface area contributed by atoms with Gasteiger partial charge in [0.1, 0.15) is 11.5 Å². The summed E-state index contributed by atoms with van der Waals surface area (Å²) in [6.07, 6.45) is 3.24. The first-order chi connectivity index (χ1) is 6.79. The fraction of sp³-hybridized carbons (Fsp3) is 0. The summed E-state index contributed by atoms with van der Waals surface area (Å²) in [6, 6.07) is 3.57. The third kappa shape index (κ3) is 1.68. The number of allylic oxidation sites excluding steroid dienone is 1. The molecular weight excluding hydrogens is 204 g/mol. The Labute approximate surface area is 84.9 Å². The standard InChI is InChI=1S/C8H7ClN4O/c9-7-6(11-8(12-7)13-10)4-5-2-1-3-14-5/h1-4H,10H2,(H,11,13). The molecule has 2 rings (SSSR count). The lowest BCUT2D eigenvalue weighted by Crippen LogP contribution is -2.27. The Kier molecular flexibility index (Phi) is 2.34. The lowest BCUT2D eigenvalue weighted by Gasteiger charge is -1.89. The highest BCUT2D eigenvalue weighted by molar-refractivity contribution is 6.71. The van der Waals surface area contributed by atoms with Gasteiger partial charge < -0.3 is 4.42 Å². The Morgan fingerprint density at radius 1 is 1.50 bits per heavy atom. The fourth-order valence-corrected chi connectivity index (χ4v) is 1.18. The largest absolute Gasteiger partial charge is 0.465 e. The second-order valence-electron chi connectivity index (χ2n) is 2.53. The second-order valence-corrected chi connectivity index (χ2v) is 2.89. The number of nitrogens with zero attached hydrogens (tertiary/aromatic N) is 2. The average Bonchev–Trinajstić information content (AvgIpc) is 2.78. The van der Waals surface area contributed by atoms with Crippen LogP contribution in [0.4, 0.5) is 0 Å². The Hall–Kier alpha value is -1.59. The minimum Gasteiger partial charge on any atom is -0.465 e. The molecule has 0 amide bonds. The molecule has 0 radical (unpaired) electrons. The predicted molar refractivity (Wildman–Crippen MR) is 54.7 cm³/mol. The van der Waals surface area contributed by atoms with E-state index in [-0.39, 0.29) is 11.1 Å². The summed E-state index contributed by atoms with van der Waals surface area (Å²) in [5.41, 5.74) is 2.83. The molecule has 14 heavy (non-hydrogen) atoms. The highest BCUT2D eigenvalue weighted by atomic mass is 35.5. The Balaban J connectivity index is 2.29. The quantitative estimate of drug-likeness (QED) is 0.538. The zero-order chi connectivity index (χ0) is 9.97. The molecule has 1 aliphatic rings. The SMILES string of the molecule is NNC1=NC(=Cc2ccco2)C(Cl)=N1. The van der Waals surface area contributed by atoms with Crippen molar-refractivity contribution in [2.75, 3.05) is 0 Å². The van der Waals surface area contributed by atoms with Crippen LogP contribution in [0.15, 0.2) is 38.5 Å². The number of guanidine groups is 1. The molecule has 0 saturated heterocycles. The van der Waals surface area contributed by atoms with Crippen molar-refractivity contribution in [3.63, 3.8) is 0 Å². The summed E-state index contributed by atoms with van der Waals surface area (Å²) in [5.74, 6) is 6.08. The van der Waals surface area contributed by atoms with E-state index < -0.39 is 0 Å². The topological polar surface area (TPSA) is 75.9 Å². The van der Waals surface area contributed by atoms with Gasteiger partial charge >= 0.3 is 0 Å². The van der Waals surface area contributed by atoms with Gasteiger partial charge in [-0.15, -0.1) is 0 Å². The molecule has 0 bridgehead atoms. The lowest BCUT2D eigenvalue weighted by molar-refractivity contribution is 0.557. The predicted octanol–water partition coefficient (Wildman–Crippen LogP) is 1.09. The molecule has 72 valence electrons. The molecule has 0 atom stereocenters. The van der Waals surface area contributed by atoms with Crippen LogP contribution in [-0.2, 0) is 0 Å². The summed E-state index contributed by atoms with van der Waals surface area (Å²) in [7, 11) is 0. The van der Waals surface area contributed by atoms with Crippen molar-refractivity contribution in [1.82, 2.24) is 5.43 Å². The molecule has 6 heteroatoms. The lowest BCUT2D eigenvalue weighted by atomic mass is 10.3. The van der Waals surface area contributed by atoms with Gasteiger partial charge in [0.25, 0.3) is 0 Å². The van der Waals surface area contributed by atoms with Crippen molar-refractivity contribution in [3.05, 3.63) is 29.9 Å². The van der Waals surface area contributed by atoms with Crippen LogP contribution in [0.5, 0.6) is 0 Å². The van der Waals surface area contributed by atoms with E-state index in [9.17, 15) is 0 Å². The van der Waals surface area contributed by atoms with Gasteiger partial charge in [-0.25, -0.2) is 10.8 Å². The molecule has 1 aromatic rings. The number of halogens is 1. The Morgan fingerprint density at radius 3 is 2.93 bits per heavy atom. The summed E-state index contributed by atoms with van der Waals surface area (Å²) in [4.78, 5) is 7.86. The summed E-state index contributed by atoms with van der Waals surface area (Å²) in [5, 5.41) is 0.286. The maximum Gasteiger partial charge on any atom is 0.239 e. The number of aliphatic imine (C=N–C) groups is 2. The van der Waals surface area contributed by atoms with Crippen molar-refractivity contribution >= 4 is 28.8 Å². The molecule has 0 fully saturated rings. The van der Waals surface area contributed by atoms with Crippen molar-refractivity contribution < 1.29 is 4.42 Å². The molecule has 1 aromatic heterocycles. The van der Waals surface area contributed by atoms with Crippen molar-refractivity contribution in [2.45, 2.75) is 0 Å². The van der Waals surface area contributed by atoms with Crippen LogP contribution in [-0.4, -0.2) is 11.1 Å². The number of rotatable bonds is 1. The first-order valence-corrected chi connectivity index (χ1v) is 4.22. The monoisotopic (exact) mass is 210 g/mol. The number of nitrogens with one attached hydrogen (secondary N) is 1. The maximum absolute atomic E-state index is 5.80. The minimum atomic E-state index is 0.285. The number of hydrazine groups is 1. The normalized spacial score (nSPS) is 18.3. The average molecular weight is 211 g/mol. The van der Waals surface area contributed by atoms with Crippen LogP contribution < -0.4 is 11.3 Å². The Morgan fingerprint density at radius 2 is 2.36 bits per heavy atom. The molecule has 3 N–H and O–H groups in total. The van der Waals surface area contributed by atoms with E-state index in [4.69, 9.17) is 21.9 Å². The number of hydrogen-bond donors (Lipinski definition) is 2. The van der Waals surface area contributed by atoms with E-state index in [1.54, 1.807) is 24.5 Å². The zero-order valence-electron chi connectivity index (χ0n) is 7.07. The van der Waals surface area contributed by atoms with Gasteiger partial charge in [0.2, 0.25) is 5.96 Å². The number of nitrogens with two attached hydrogens (primary N) is 1. The highest BCUT2D eigenvalue weighted by Gasteiger charge is 2.13. The first-order valence-electron chi connectivity index (χ1n) is 3.84. The van der Waals surface area contributed by atoms with Gasteiger partial charge in [0, 0.05) is 6.08 Å². The summed E-state index contributed by atoms with van der Waals surface area (Å²) < 4.78 is 5.10. The fourth-order valence-electron chi connectivity index (χ4n) is 1.000. The Bertz CT molecular complexity index is 419. The molecule has 0 aromatic carbocycles. The maximum atomic E-state index is 5.80. The van der Waals surface area contributed by atoms with Gasteiger partial charge in [-0.05, 0) is 12.1 Å². The third-order valence-electron chi connectivity index (χ3n) is 1.59. The smallest absolute Gasteiger partial charge is 0.239 e. The molecule has 0 spiro atoms. The molecule has 0 aliphatic carbocycles. The van der Waals surface area contributed by atoms with E-state index in [2.05, 4.69) is 15.4 Å². The van der Waals surface area contributed by atoms with Crippen molar-refractivity contribution in [2.24, 2.45) is 15.8 Å². The summed E-state index contributed by atoms with van der Waals surface area (Å²) in [6.45, 7) is 0. The van der Waals surface area contributed by atoms with Gasteiger partial charge in [-0.3, -0.25) is 5.43 Å². The van der Waals surface area contributed by atoms with Crippen molar-refractivity contribution in [3.8, 4) is 0 Å². The second kappa shape index (κ2) is 3.65. The minimum absolute atomic E-state index is 0.285. The molecule has 0 unspecified atom stereocenters. The van der Waals surface area contributed by atoms with Crippen LogP contribution in [0.1, 0.15) is 5.76 Å². The first kappa shape index (κ1) is 8.98. The van der Waals surface area contributed by atoms with Crippen LogP contribution in [0.25, 0.3) is 6.08 Å². The van der Waals surface area contributed by atoms with E-state index >= 15 is 0 Å². The number of furan rings is 1. The highest BCUT2D eigenvalue weighted by Crippen LogP contribution is 2.16. The molecule has 2 heterocycles. The van der Waals surface area contributed by atoms with Crippen LogP contribution in [0, 0.1) is 0 Å². The molecular formula is C8H7ClN4O. The summed E-state index contributed by atoms with van der Waals surface area (Å²) >= 11 is 5.80. The van der Waals surface area contributed by atoms with Gasteiger partial charge in [-0.2, -0.15) is 4.99 Å². The number of hydrogen-bond acceptors (Lipinski definition) is 5. The molecule has 5 nitrogen and oxygen atoms in total. The van der Waals surface area contributed by atoms with Crippen molar-refractivity contribution in [1.29, 1.82) is 0 Å². The van der Waals surface area contributed by atoms with Crippen LogP contribution in [0.3, 0.4) is 0 Å². The van der Waals surface area contributed by atoms with Gasteiger partial charge in [-0.1, -0.05) is 11.6 Å². The zero-order valence-corrected chi connectivity index (χ0v) is 7.82. The van der Waals surface area contributed by atoms with Gasteiger partial charge in [0.05, 0.1) is 6.26 Å². The molecule has 0 saturated carbocycles. The van der Waals surface area contributed by atoms with E-state index in [0.29, 0.717) is 11.5 Å². The van der Waals surface area contributed by atoms with E-state index in [1.807, 2.05) is 0 Å². The molecule has 1 aliphatic heterocycles. The van der Waals surface area contributed by atoms with Crippen LogP contribution >= 0.6 is 11.6 Å². The van der Waals surface area contributed by atoms with Crippen LogP contribution in [0.2, 0.25) is 0 Å². The van der Waals surface area contributed by atoms with Gasteiger partial charge in [0.15, 0.2) is 5.17 Å². The third-order valence-corrected chi connectivity index (χ3v) is 1.87.